The van der Waals surface area contributed by atoms with Gasteiger partial charge in [0.1, 0.15) is 11.4 Å². The molecule has 1 fully saturated rings. The minimum Gasteiger partial charge on any atom is -0.465 e. The van der Waals surface area contributed by atoms with E-state index in [0.717, 1.165) is 32.0 Å². The number of piperazine rings is 1. The maximum Gasteiger partial charge on any atom is 0.343 e. The maximum absolute atomic E-state index is 12.0. The molecule has 2 aromatic rings. The zero-order valence-corrected chi connectivity index (χ0v) is 12.6. The van der Waals surface area contributed by atoms with Crippen molar-refractivity contribution in [2.24, 2.45) is 0 Å². The molecule has 7 heteroatoms. The Morgan fingerprint density at radius 1 is 1.27 bits per heavy atom. The third kappa shape index (κ3) is 2.67. The third-order valence-electron chi connectivity index (χ3n) is 3.95. The van der Waals surface area contributed by atoms with Gasteiger partial charge in [-0.05, 0) is 13.1 Å². The van der Waals surface area contributed by atoms with Gasteiger partial charge in [0.15, 0.2) is 0 Å². The monoisotopic (exact) mass is 302 g/mol. The van der Waals surface area contributed by atoms with Gasteiger partial charge in [0.05, 0.1) is 12.6 Å². The molecule has 0 aliphatic carbocycles. The average molecular weight is 302 g/mol. The van der Waals surface area contributed by atoms with E-state index in [1.54, 1.807) is 6.20 Å². The molecule has 116 valence electrons. The lowest BCUT2D eigenvalue weighted by molar-refractivity contribution is 0.0599. The molecule has 1 aliphatic rings. The van der Waals surface area contributed by atoms with Crippen LogP contribution in [0.1, 0.15) is 10.4 Å². The molecule has 3 rings (SSSR count). The number of hydrogen-bond acceptors (Lipinski definition) is 6. The summed E-state index contributed by atoms with van der Waals surface area (Å²) in [5.74, 6) is 0.188. The van der Waals surface area contributed by atoms with Gasteiger partial charge in [0.25, 0.3) is 5.56 Å². The van der Waals surface area contributed by atoms with Gasteiger partial charge in [0.2, 0.25) is 0 Å². The number of nitrogens with one attached hydrogen (secondary N) is 1. The van der Waals surface area contributed by atoms with Crippen molar-refractivity contribution in [1.82, 2.24) is 14.9 Å². The summed E-state index contributed by atoms with van der Waals surface area (Å²) in [4.78, 5) is 35.1. The predicted molar refractivity (Wildman–Crippen MR) is 83.4 cm³/mol. The first kappa shape index (κ1) is 14.5. The number of aromatic amines is 1. The maximum atomic E-state index is 12.0. The SMILES string of the molecule is COC(=O)c1cc2cnc(N3CCN(C)CC3)cc2[nH]c1=O. The van der Waals surface area contributed by atoms with Crippen LogP contribution in [0.5, 0.6) is 0 Å². The number of methoxy groups -OCH3 is 1. The molecule has 1 N–H and O–H groups in total. The molecule has 0 unspecified atom stereocenters. The quantitative estimate of drug-likeness (QED) is 0.812. The highest BCUT2D eigenvalue weighted by Crippen LogP contribution is 2.18. The normalized spacial score (nSPS) is 16.0. The fourth-order valence-electron chi connectivity index (χ4n) is 2.56. The zero-order chi connectivity index (χ0) is 15.7. The van der Waals surface area contributed by atoms with Gasteiger partial charge in [-0.15, -0.1) is 0 Å². The molecular formula is C15H18N4O3. The highest BCUT2D eigenvalue weighted by atomic mass is 16.5. The minimum absolute atomic E-state index is 0.0100. The fourth-order valence-corrected chi connectivity index (χ4v) is 2.56. The molecule has 1 aliphatic heterocycles. The van der Waals surface area contributed by atoms with Gasteiger partial charge in [0, 0.05) is 43.8 Å². The number of ether oxygens (including phenoxy) is 1. The number of likely N-dealkylation sites (N-methyl/N-ethyl adjacent to an activating group) is 1. The second kappa shape index (κ2) is 5.76. The van der Waals surface area contributed by atoms with Crippen molar-refractivity contribution in [3.63, 3.8) is 0 Å². The van der Waals surface area contributed by atoms with Crippen LogP contribution in [-0.4, -0.2) is 61.2 Å². The van der Waals surface area contributed by atoms with Gasteiger partial charge in [-0.2, -0.15) is 0 Å². The van der Waals surface area contributed by atoms with Gasteiger partial charge in [-0.3, -0.25) is 4.79 Å². The van der Waals surface area contributed by atoms with Crippen molar-refractivity contribution >= 4 is 22.7 Å². The van der Waals surface area contributed by atoms with Crippen LogP contribution in [0.15, 0.2) is 23.1 Å². The Hall–Kier alpha value is -2.41. The van der Waals surface area contributed by atoms with Crippen molar-refractivity contribution in [2.45, 2.75) is 0 Å². The Bertz CT molecular complexity index is 763. The largest absolute Gasteiger partial charge is 0.465 e. The molecule has 0 bridgehead atoms. The number of hydrogen-bond donors (Lipinski definition) is 1. The van der Waals surface area contributed by atoms with Crippen molar-refractivity contribution in [2.75, 3.05) is 45.2 Å². The fraction of sp³-hybridized carbons (Fsp3) is 0.400. The van der Waals surface area contributed by atoms with Gasteiger partial charge in [-0.1, -0.05) is 0 Å². The Morgan fingerprint density at radius 3 is 2.68 bits per heavy atom. The summed E-state index contributed by atoms with van der Waals surface area (Å²) in [6.07, 6.45) is 1.67. The molecule has 1 saturated heterocycles. The minimum atomic E-state index is -0.647. The molecule has 22 heavy (non-hydrogen) atoms. The molecule has 3 heterocycles. The van der Waals surface area contributed by atoms with E-state index < -0.39 is 11.5 Å². The Morgan fingerprint density at radius 2 is 2.00 bits per heavy atom. The van der Waals surface area contributed by atoms with E-state index in [4.69, 9.17) is 0 Å². The van der Waals surface area contributed by atoms with Crippen LogP contribution < -0.4 is 10.5 Å². The third-order valence-corrected chi connectivity index (χ3v) is 3.95. The highest BCUT2D eigenvalue weighted by Gasteiger charge is 2.17. The average Bonchev–Trinajstić information content (AvgIpc) is 2.53. The smallest absolute Gasteiger partial charge is 0.343 e. The first-order chi connectivity index (χ1) is 10.6. The Kier molecular flexibility index (Phi) is 3.81. The van der Waals surface area contributed by atoms with Crippen LogP contribution in [0.2, 0.25) is 0 Å². The second-order valence-electron chi connectivity index (χ2n) is 5.42. The molecule has 0 saturated carbocycles. The van der Waals surface area contributed by atoms with E-state index in [2.05, 4.69) is 31.6 Å². The summed E-state index contributed by atoms with van der Waals surface area (Å²) in [5.41, 5.74) is 0.209. The predicted octanol–water partition coefficient (Wildman–Crippen LogP) is 0.462. The lowest BCUT2D eigenvalue weighted by Gasteiger charge is -2.33. The van der Waals surface area contributed by atoms with Gasteiger partial charge in [-0.25, -0.2) is 9.78 Å². The summed E-state index contributed by atoms with van der Waals surface area (Å²) >= 11 is 0. The number of rotatable bonds is 2. The number of anilines is 1. The summed E-state index contributed by atoms with van der Waals surface area (Å²) in [6.45, 7) is 3.77. The molecule has 0 spiro atoms. The number of carbonyl (C=O) groups excluding carboxylic acids is 1. The first-order valence-electron chi connectivity index (χ1n) is 7.13. The van der Waals surface area contributed by atoms with Crippen LogP contribution in [0.4, 0.5) is 5.82 Å². The standard InChI is InChI=1S/C15H18N4O3/c1-18-3-5-19(6-4-18)13-8-12-10(9-16-13)7-11(14(20)17-12)15(21)22-2/h7-9H,3-6H2,1-2H3,(H,17,20). The number of pyridine rings is 2. The number of carbonyl (C=O) groups is 1. The van der Waals surface area contributed by atoms with E-state index in [-0.39, 0.29) is 5.56 Å². The lowest BCUT2D eigenvalue weighted by atomic mass is 10.2. The zero-order valence-electron chi connectivity index (χ0n) is 12.6. The van der Waals surface area contributed by atoms with Crippen LogP contribution >= 0.6 is 0 Å². The van der Waals surface area contributed by atoms with E-state index in [1.165, 1.54) is 13.2 Å². The van der Waals surface area contributed by atoms with Crippen molar-refractivity contribution in [1.29, 1.82) is 0 Å². The highest BCUT2D eigenvalue weighted by molar-refractivity contribution is 5.93. The van der Waals surface area contributed by atoms with E-state index in [0.29, 0.717) is 10.9 Å². The Balaban J connectivity index is 1.97. The number of esters is 1. The lowest BCUT2D eigenvalue weighted by Crippen LogP contribution is -2.44. The summed E-state index contributed by atoms with van der Waals surface area (Å²) in [7, 11) is 3.34. The molecule has 2 aromatic heterocycles. The van der Waals surface area contributed by atoms with Crippen LogP contribution in [0.3, 0.4) is 0 Å². The van der Waals surface area contributed by atoms with E-state index in [1.807, 2.05) is 6.07 Å². The first-order valence-corrected chi connectivity index (χ1v) is 7.13. The van der Waals surface area contributed by atoms with Crippen LogP contribution in [0.25, 0.3) is 10.9 Å². The summed E-state index contributed by atoms with van der Waals surface area (Å²) in [6, 6.07) is 3.36. The second-order valence-corrected chi connectivity index (χ2v) is 5.42. The number of fused-ring (bicyclic) bond motifs is 1. The number of nitrogens with zero attached hydrogens (tertiary/aromatic N) is 3. The van der Waals surface area contributed by atoms with Crippen LogP contribution in [0, 0.1) is 0 Å². The van der Waals surface area contributed by atoms with Crippen LogP contribution in [-0.2, 0) is 4.74 Å². The molecule has 0 radical (unpaired) electrons. The van der Waals surface area contributed by atoms with Crippen molar-refractivity contribution in [3.8, 4) is 0 Å². The van der Waals surface area contributed by atoms with Crippen molar-refractivity contribution in [3.05, 3.63) is 34.2 Å². The molecule has 0 amide bonds. The topological polar surface area (TPSA) is 78.5 Å². The van der Waals surface area contributed by atoms with E-state index >= 15 is 0 Å². The van der Waals surface area contributed by atoms with E-state index in [9.17, 15) is 9.59 Å². The summed E-state index contributed by atoms with van der Waals surface area (Å²) in [5, 5.41) is 0.706. The molecular weight excluding hydrogens is 284 g/mol. The summed E-state index contributed by atoms with van der Waals surface area (Å²) < 4.78 is 4.60. The number of H-pyrrole nitrogens is 1. The van der Waals surface area contributed by atoms with Gasteiger partial charge >= 0.3 is 5.97 Å². The molecule has 7 nitrogen and oxygen atoms in total. The molecule has 0 aromatic carbocycles. The number of aromatic nitrogens is 2. The van der Waals surface area contributed by atoms with Crippen molar-refractivity contribution < 1.29 is 9.53 Å². The molecule has 0 atom stereocenters. The van der Waals surface area contributed by atoms with Gasteiger partial charge < -0.3 is 19.5 Å². The Labute approximate surface area is 127 Å².